The predicted molar refractivity (Wildman–Crippen MR) is 68.5 cm³/mol. The van der Waals surface area contributed by atoms with Gasteiger partial charge in [-0.2, -0.15) is 0 Å². The summed E-state index contributed by atoms with van der Waals surface area (Å²) in [6.07, 6.45) is 0. The van der Waals surface area contributed by atoms with Crippen LogP contribution < -0.4 is 5.73 Å². The number of carboxylic acids is 1. The quantitative estimate of drug-likeness (QED) is 0.821. The van der Waals surface area contributed by atoms with Gasteiger partial charge in [0.15, 0.2) is 9.84 Å². The third-order valence-electron chi connectivity index (χ3n) is 2.73. The molecular formula is C12H15NO5S. The maximum Gasteiger partial charge on any atom is 0.335 e. The Morgan fingerprint density at radius 2 is 1.95 bits per heavy atom. The Kier molecular flexibility index (Phi) is 4.31. The molecule has 0 saturated heterocycles. The van der Waals surface area contributed by atoms with Crippen LogP contribution in [0.2, 0.25) is 0 Å². The summed E-state index contributed by atoms with van der Waals surface area (Å²) < 4.78 is 24.3. The highest BCUT2D eigenvalue weighted by molar-refractivity contribution is 7.91. The standard InChI is InChI=1S/C12H15NO5S/c1-7-3-4-9(12(15)16)5-10(7)19(17,18)6-8(2)11(13)14/h3-5,8H,6H2,1-2H3,(H2,13,14)(H,15,16). The van der Waals surface area contributed by atoms with Crippen LogP contribution in [0.5, 0.6) is 0 Å². The topological polar surface area (TPSA) is 115 Å². The van der Waals surface area contributed by atoms with E-state index in [4.69, 9.17) is 10.8 Å². The minimum Gasteiger partial charge on any atom is -0.478 e. The zero-order valence-corrected chi connectivity index (χ0v) is 11.4. The summed E-state index contributed by atoms with van der Waals surface area (Å²) in [5.41, 5.74) is 5.36. The Balaban J connectivity index is 3.24. The molecule has 0 aromatic heterocycles. The van der Waals surface area contributed by atoms with Crippen molar-refractivity contribution in [3.8, 4) is 0 Å². The minimum atomic E-state index is -3.76. The van der Waals surface area contributed by atoms with Gasteiger partial charge in [0.25, 0.3) is 0 Å². The van der Waals surface area contributed by atoms with Gasteiger partial charge in [-0.25, -0.2) is 13.2 Å². The number of carbonyl (C=O) groups is 2. The maximum atomic E-state index is 12.1. The third-order valence-corrected chi connectivity index (χ3v) is 4.77. The SMILES string of the molecule is Cc1ccc(C(=O)O)cc1S(=O)(=O)CC(C)C(N)=O. The summed E-state index contributed by atoms with van der Waals surface area (Å²) in [6.45, 7) is 2.98. The number of amides is 1. The monoisotopic (exact) mass is 285 g/mol. The average Bonchev–Trinajstić information content (AvgIpc) is 2.28. The van der Waals surface area contributed by atoms with Gasteiger partial charge in [0.1, 0.15) is 0 Å². The van der Waals surface area contributed by atoms with Gasteiger partial charge in [0.05, 0.1) is 16.2 Å². The van der Waals surface area contributed by atoms with Crippen molar-refractivity contribution < 1.29 is 23.1 Å². The van der Waals surface area contributed by atoms with Crippen molar-refractivity contribution in [1.29, 1.82) is 0 Å². The van der Waals surface area contributed by atoms with Crippen molar-refractivity contribution in [2.75, 3.05) is 5.75 Å². The second-order valence-corrected chi connectivity index (χ2v) is 6.37. The molecule has 0 spiro atoms. The molecule has 1 unspecified atom stereocenters. The largest absolute Gasteiger partial charge is 0.478 e. The molecule has 1 amide bonds. The molecule has 0 aliphatic heterocycles. The Morgan fingerprint density at radius 3 is 2.42 bits per heavy atom. The van der Waals surface area contributed by atoms with Gasteiger partial charge >= 0.3 is 5.97 Å². The molecule has 19 heavy (non-hydrogen) atoms. The lowest BCUT2D eigenvalue weighted by Crippen LogP contribution is -2.27. The normalized spacial score (nSPS) is 12.9. The number of primary amides is 1. The first-order valence-corrected chi connectivity index (χ1v) is 7.16. The van der Waals surface area contributed by atoms with E-state index in [0.29, 0.717) is 5.56 Å². The van der Waals surface area contributed by atoms with Crippen LogP contribution in [0.4, 0.5) is 0 Å². The minimum absolute atomic E-state index is 0.0829. The lowest BCUT2D eigenvalue weighted by Gasteiger charge is -2.11. The molecule has 1 aromatic carbocycles. The number of carboxylic acid groups (broad SMARTS) is 1. The first kappa shape index (κ1) is 15.2. The van der Waals surface area contributed by atoms with Crippen molar-refractivity contribution >= 4 is 21.7 Å². The molecule has 7 heteroatoms. The van der Waals surface area contributed by atoms with Crippen molar-refractivity contribution in [2.24, 2.45) is 11.7 Å². The van der Waals surface area contributed by atoms with Gasteiger partial charge in [-0.05, 0) is 24.6 Å². The van der Waals surface area contributed by atoms with Crippen molar-refractivity contribution in [3.05, 3.63) is 29.3 Å². The van der Waals surface area contributed by atoms with E-state index in [9.17, 15) is 18.0 Å². The molecule has 3 N–H and O–H groups in total. The van der Waals surface area contributed by atoms with Gasteiger partial charge in [-0.15, -0.1) is 0 Å². The van der Waals surface area contributed by atoms with E-state index < -0.39 is 33.4 Å². The maximum absolute atomic E-state index is 12.1. The van der Waals surface area contributed by atoms with Gasteiger partial charge in [0.2, 0.25) is 5.91 Å². The Bertz CT molecular complexity index is 621. The number of aryl methyl sites for hydroxylation is 1. The fourth-order valence-electron chi connectivity index (χ4n) is 1.57. The smallest absolute Gasteiger partial charge is 0.335 e. The highest BCUT2D eigenvalue weighted by Gasteiger charge is 2.24. The summed E-state index contributed by atoms with van der Waals surface area (Å²) in [6, 6.07) is 3.85. The fraction of sp³-hybridized carbons (Fsp3) is 0.333. The van der Waals surface area contributed by atoms with Gasteiger partial charge < -0.3 is 10.8 Å². The number of benzene rings is 1. The molecular weight excluding hydrogens is 270 g/mol. The number of carbonyl (C=O) groups excluding carboxylic acids is 1. The molecule has 1 rings (SSSR count). The van der Waals surface area contributed by atoms with Crippen LogP contribution in [-0.2, 0) is 14.6 Å². The summed E-state index contributed by atoms with van der Waals surface area (Å²) in [5.74, 6) is -3.19. The molecule has 0 heterocycles. The van der Waals surface area contributed by atoms with Crippen LogP contribution in [0.25, 0.3) is 0 Å². The first-order chi connectivity index (χ1) is 8.65. The van der Waals surface area contributed by atoms with Gasteiger partial charge in [-0.3, -0.25) is 4.79 Å². The van der Waals surface area contributed by atoms with E-state index in [1.807, 2.05) is 0 Å². The number of aromatic carboxylic acids is 1. The van der Waals surface area contributed by atoms with Crippen molar-refractivity contribution in [1.82, 2.24) is 0 Å². The van der Waals surface area contributed by atoms with Crippen molar-refractivity contribution in [2.45, 2.75) is 18.7 Å². The first-order valence-electron chi connectivity index (χ1n) is 5.51. The fourth-order valence-corrected chi connectivity index (χ4v) is 3.44. The lowest BCUT2D eigenvalue weighted by atomic mass is 10.1. The second-order valence-electron chi connectivity index (χ2n) is 4.37. The molecule has 0 aliphatic rings. The van der Waals surface area contributed by atoms with Crippen LogP contribution in [-0.4, -0.2) is 31.2 Å². The Hall–Kier alpha value is -1.89. The highest BCUT2D eigenvalue weighted by Crippen LogP contribution is 2.20. The zero-order chi connectivity index (χ0) is 14.8. The summed E-state index contributed by atoms with van der Waals surface area (Å²) in [4.78, 5) is 21.7. The van der Waals surface area contributed by atoms with E-state index in [1.165, 1.54) is 19.1 Å². The van der Waals surface area contributed by atoms with E-state index in [0.717, 1.165) is 6.07 Å². The van der Waals surface area contributed by atoms with Crippen LogP contribution in [0.15, 0.2) is 23.1 Å². The number of sulfone groups is 1. The van der Waals surface area contributed by atoms with E-state index in [-0.39, 0.29) is 10.5 Å². The average molecular weight is 285 g/mol. The molecule has 0 bridgehead atoms. The predicted octanol–water partition coefficient (Wildman–Crippen LogP) is 0.588. The van der Waals surface area contributed by atoms with E-state index in [1.54, 1.807) is 6.92 Å². The second kappa shape index (κ2) is 5.40. The molecule has 0 radical (unpaired) electrons. The number of nitrogens with two attached hydrogens (primary N) is 1. The van der Waals surface area contributed by atoms with E-state index >= 15 is 0 Å². The molecule has 6 nitrogen and oxygen atoms in total. The number of rotatable bonds is 5. The summed E-state index contributed by atoms with van der Waals surface area (Å²) >= 11 is 0. The molecule has 104 valence electrons. The summed E-state index contributed by atoms with van der Waals surface area (Å²) in [7, 11) is -3.76. The number of hydrogen-bond donors (Lipinski definition) is 2. The van der Waals surface area contributed by atoms with Crippen LogP contribution in [0.3, 0.4) is 0 Å². The number of hydrogen-bond acceptors (Lipinski definition) is 4. The van der Waals surface area contributed by atoms with Gasteiger partial charge in [-0.1, -0.05) is 13.0 Å². The molecule has 1 atom stereocenters. The highest BCUT2D eigenvalue weighted by atomic mass is 32.2. The third kappa shape index (κ3) is 3.54. The zero-order valence-electron chi connectivity index (χ0n) is 10.6. The molecule has 0 aliphatic carbocycles. The Labute approximate surface area is 111 Å². The summed E-state index contributed by atoms with van der Waals surface area (Å²) in [5, 5.41) is 8.87. The van der Waals surface area contributed by atoms with Gasteiger partial charge in [0, 0.05) is 5.92 Å². The van der Waals surface area contributed by atoms with Crippen molar-refractivity contribution in [3.63, 3.8) is 0 Å². The lowest BCUT2D eigenvalue weighted by molar-refractivity contribution is -0.120. The molecule has 1 aromatic rings. The Morgan fingerprint density at radius 1 is 1.37 bits per heavy atom. The van der Waals surface area contributed by atoms with Crippen LogP contribution in [0, 0.1) is 12.8 Å². The van der Waals surface area contributed by atoms with Crippen LogP contribution in [0.1, 0.15) is 22.8 Å². The van der Waals surface area contributed by atoms with Crippen LogP contribution >= 0.6 is 0 Å². The molecule has 0 saturated carbocycles. The molecule has 0 fully saturated rings. The van der Waals surface area contributed by atoms with E-state index in [2.05, 4.69) is 0 Å².